The fourth-order valence-electron chi connectivity index (χ4n) is 1.82. The monoisotopic (exact) mass is 254 g/mol. The maximum absolute atomic E-state index is 5.88. The minimum atomic E-state index is 0.288. The number of rotatable bonds is 3. The minimum Gasteiger partial charge on any atom is -0.368 e. The van der Waals surface area contributed by atoms with Gasteiger partial charge in [0.1, 0.15) is 5.44 Å². The van der Waals surface area contributed by atoms with Crippen LogP contribution in [0.4, 0.5) is 0 Å². The molecule has 86 valence electrons. The van der Waals surface area contributed by atoms with Crippen molar-refractivity contribution in [2.75, 3.05) is 6.61 Å². The van der Waals surface area contributed by atoms with Crippen LogP contribution < -0.4 is 0 Å². The molecule has 1 nitrogen and oxygen atoms in total. The smallest absolute Gasteiger partial charge is 0.108 e. The van der Waals surface area contributed by atoms with Crippen molar-refractivity contribution in [2.24, 2.45) is 0 Å². The van der Waals surface area contributed by atoms with Crippen LogP contribution in [0.25, 0.3) is 0 Å². The van der Waals surface area contributed by atoms with Crippen molar-refractivity contribution in [3.05, 3.63) is 46.3 Å². The average molecular weight is 255 g/mol. The number of allylic oxidation sites excluding steroid dienone is 1. The summed E-state index contributed by atoms with van der Waals surface area (Å²) >= 11 is 7.64. The molecule has 0 aliphatic carbocycles. The molecule has 0 radical (unpaired) electrons. The molecule has 0 fully saturated rings. The topological polar surface area (TPSA) is 9.23 Å². The highest BCUT2D eigenvalue weighted by Crippen LogP contribution is 2.34. The van der Waals surface area contributed by atoms with Crippen LogP contribution in [-0.2, 0) is 4.74 Å². The molecule has 2 atom stereocenters. The lowest BCUT2D eigenvalue weighted by molar-refractivity contribution is 0.116. The molecule has 0 aromatic heterocycles. The molecule has 1 aliphatic heterocycles. The number of halogens is 1. The predicted molar refractivity (Wildman–Crippen MR) is 71.0 cm³/mol. The second kappa shape index (κ2) is 5.76. The number of hydrogen-bond donors (Lipinski definition) is 0. The number of thioether (sulfide) groups is 1. The average Bonchev–Trinajstić information content (AvgIpc) is 2.31. The highest BCUT2D eigenvalue weighted by atomic mass is 35.5. The van der Waals surface area contributed by atoms with Crippen LogP contribution in [0.15, 0.2) is 35.7 Å². The van der Waals surface area contributed by atoms with Crippen molar-refractivity contribution < 1.29 is 4.74 Å². The van der Waals surface area contributed by atoms with Crippen molar-refractivity contribution in [2.45, 2.75) is 24.7 Å². The second-order valence-electron chi connectivity index (χ2n) is 3.74. The van der Waals surface area contributed by atoms with Crippen LogP contribution in [0.1, 0.15) is 24.8 Å². The van der Waals surface area contributed by atoms with Crippen LogP contribution in [0.2, 0.25) is 5.02 Å². The molecule has 0 saturated carbocycles. The summed E-state index contributed by atoms with van der Waals surface area (Å²) in [7, 11) is 0. The van der Waals surface area contributed by atoms with Gasteiger partial charge in [0.15, 0.2) is 0 Å². The molecule has 1 heterocycles. The van der Waals surface area contributed by atoms with Crippen LogP contribution >= 0.6 is 23.4 Å². The van der Waals surface area contributed by atoms with Gasteiger partial charge in [-0.25, -0.2) is 0 Å². The van der Waals surface area contributed by atoms with E-state index in [2.05, 4.69) is 23.6 Å². The van der Waals surface area contributed by atoms with Crippen molar-refractivity contribution in [3.8, 4) is 0 Å². The minimum absolute atomic E-state index is 0.288. The van der Waals surface area contributed by atoms with Gasteiger partial charge in [-0.3, -0.25) is 0 Å². The summed E-state index contributed by atoms with van der Waals surface area (Å²) in [6.45, 7) is 2.81. The number of hydrogen-bond acceptors (Lipinski definition) is 2. The standard InChI is InChI=1S/C13H15ClOS/c1-2-15-13-9-11(7-8-16-13)10-3-5-12(14)6-4-10/h3-8,11,13H,2,9H2,1H3/t11-,13+/m0/s1. The maximum atomic E-state index is 5.88. The summed E-state index contributed by atoms with van der Waals surface area (Å²) < 4.78 is 5.64. The molecule has 0 unspecified atom stereocenters. The van der Waals surface area contributed by atoms with E-state index >= 15 is 0 Å². The van der Waals surface area contributed by atoms with Gasteiger partial charge in [0, 0.05) is 17.5 Å². The quantitative estimate of drug-likeness (QED) is 0.789. The zero-order valence-electron chi connectivity index (χ0n) is 9.23. The summed E-state index contributed by atoms with van der Waals surface area (Å²) in [6.07, 6.45) is 3.28. The van der Waals surface area contributed by atoms with Gasteiger partial charge in [0.05, 0.1) is 0 Å². The van der Waals surface area contributed by atoms with Crippen molar-refractivity contribution >= 4 is 23.4 Å². The third-order valence-electron chi connectivity index (χ3n) is 2.64. The Morgan fingerprint density at radius 1 is 1.38 bits per heavy atom. The van der Waals surface area contributed by atoms with Crippen LogP contribution in [0.3, 0.4) is 0 Å². The highest BCUT2D eigenvalue weighted by molar-refractivity contribution is 8.02. The Kier molecular flexibility index (Phi) is 4.33. The fourth-order valence-corrected chi connectivity index (χ4v) is 2.93. The molecule has 0 amide bonds. The number of benzene rings is 1. The summed E-state index contributed by atoms with van der Waals surface area (Å²) in [5.41, 5.74) is 1.60. The first-order valence-electron chi connectivity index (χ1n) is 5.49. The maximum Gasteiger partial charge on any atom is 0.108 e. The molecule has 0 spiro atoms. The van der Waals surface area contributed by atoms with Gasteiger partial charge < -0.3 is 4.74 Å². The highest BCUT2D eigenvalue weighted by Gasteiger charge is 2.19. The predicted octanol–water partition coefficient (Wildman–Crippen LogP) is 4.44. The molecule has 16 heavy (non-hydrogen) atoms. The van der Waals surface area contributed by atoms with E-state index in [4.69, 9.17) is 16.3 Å². The van der Waals surface area contributed by atoms with Crippen LogP contribution in [-0.4, -0.2) is 12.0 Å². The van der Waals surface area contributed by atoms with E-state index in [9.17, 15) is 0 Å². The molecular weight excluding hydrogens is 240 g/mol. The first-order chi connectivity index (χ1) is 7.79. The third-order valence-corrected chi connectivity index (χ3v) is 3.84. The van der Waals surface area contributed by atoms with Crippen molar-refractivity contribution in [1.29, 1.82) is 0 Å². The molecule has 0 N–H and O–H groups in total. The Morgan fingerprint density at radius 2 is 2.12 bits per heavy atom. The van der Waals surface area contributed by atoms with Crippen LogP contribution in [0.5, 0.6) is 0 Å². The van der Waals surface area contributed by atoms with Gasteiger partial charge in [-0.15, -0.1) is 11.8 Å². The largest absolute Gasteiger partial charge is 0.368 e. The molecule has 1 aromatic rings. The summed E-state index contributed by atoms with van der Waals surface area (Å²) in [5.74, 6) is 0.454. The van der Waals surface area contributed by atoms with Crippen molar-refractivity contribution in [3.63, 3.8) is 0 Å². The fraction of sp³-hybridized carbons (Fsp3) is 0.385. The zero-order chi connectivity index (χ0) is 11.4. The van der Waals surface area contributed by atoms with Gasteiger partial charge >= 0.3 is 0 Å². The van der Waals surface area contributed by atoms with E-state index in [0.29, 0.717) is 5.92 Å². The Morgan fingerprint density at radius 3 is 2.81 bits per heavy atom. The Bertz CT molecular complexity index is 361. The van der Waals surface area contributed by atoms with Gasteiger partial charge in [-0.1, -0.05) is 29.8 Å². The zero-order valence-corrected chi connectivity index (χ0v) is 10.8. The molecule has 3 heteroatoms. The first kappa shape index (κ1) is 12.0. The summed E-state index contributed by atoms with van der Waals surface area (Å²) in [4.78, 5) is 0. The lowest BCUT2D eigenvalue weighted by atomic mass is 9.96. The molecule has 0 saturated heterocycles. The van der Waals surface area contributed by atoms with E-state index in [0.717, 1.165) is 18.1 Å². The number of ether oxygens (including phenoxy) is 1. The van der Waals surface area contributed by atoms with Crippen molar-refractivity contribution in [1.82, 2.24) is 0 Å². The van der Waals surface area contributed by atoms with Gasteiger partial charge in [-0.2, -0.15) is 0 Å². The molecule has 2 rings (SSSR count). The molecule has 0 bridgehead atoms. The van der Waals surface area contributed by atoms with Gasteiger partial charge in [0.2, 0.25) is 0 Å². The normalized spacial score (nSPS) is 24.6. The third kappa shape index (κ3) is 3.03. The lowest BCUT2D eigenvalue weighted by Crippen LogP contribution is -2.14. The van der Waals surface area contributed by atoms with E-state index in [-0.39, 0.29) is 5.44 Å². The van der Waals surface area contributed by atoms with Gasteiger partial charge in [0.25, 0.3) is 0 Å². The van der Waals surface area contributed by atoms with Crippen LogP contribution in [0, 0.1) is 0 Å². The van der Waals surface area contributed by atoms with E-state index < -0.39 is 0 Å². The molecular formula is C13H15ClOS. The van der Waals surface area contributed by atoms with Gasteiger partial charge in [-0.05, 0) is 36.4 Å². The van der Waals surface area contributed by atoms with E-state index in [1.54, 1.807) is 11.8 Å². The lowest BCUT2D eigenvalue weighted by Gasteiger charge is -2.24. The Labute approximate surface area is 106 Å². The Balaban J connectivity index is 2.07. The second-order valence-corrected chi connectivity index (χ2v) is 5.25. The van der Waals surface area contributed by atoms with E-state index in [1.807, 2.05) is 19.1 Å². The first-order valence-corrected chi connectivity index (χ1v) is 6.81. The molecule has 1 aromatic carbocycles. The molecule has 1 aliphatic rings. The Hall–Kier alpha value is -0.440. The summed E-state index contributed by atoms with van der Waals surface area (Å²) in [5, 5.41) is 2.93. The SMILES string of the molecule is CCO[C@H]1C[C@@H](c2ccc(Cl)cc2)C=CS1. The van der Waals surface area contributed by atoms with E-state index in [1.165, 1.54) is 5.56 Å². The summed E-state index contributed by atoms with van der Waals surface area (Å²) in [6, 6.07) is 8.08.